The molecule has 4 heterocycles. The zero-order valence-electron chi connectivity index (χ0n) is 21.0. The molecule has 2 aliphatic rings. The lowest BCUT2D eigenvalue weighted by molar-refractivity contribution is -0.105. The maximum absolute atomic E-state index is 12.8. The van der Waals surface area contributed by atoms with Crippen molar-refractivity contribution >= 4 is 29.7 Å². The fourth-order valence-corrected chi connectivity index (χ4v) is 3.93. The Hall–Kier alpha value is -3.78. The van der Waals surface area contributed by atoms with E-state index in [-0.39, 0.29) is 24.8 Å². The van der Waals surface area contributed by atoms with E-state index in [0.717, 1.165) is 19.4 Å². The second-order valence-corrected chi connectivity index (χ2v) is 8.49. The van der Waals surface area contributed by atoms with Gasteiger partial charge in [-0.2, -0.15) is 4.98 Å². The van der Waals surface area contributed by atoms with Gasteiger partial charge in [0.15, 0.2) is 5.82 Å². The maximum atomic E-state index is 12.8. The van der Waals surface area contributed by atoms with Crippen LogP contribution in [0.1, 0.15) is 19.8 Å². The molecule has 4 rings (SSSR count). The standard InChI is InChI=1S/C23H32N8O6/c1-3-35-20-12-25-19(11-26-20)28-22(32)30(2)16-5-4-8-31(13-16)21-24-7-6-18(27-21)29-23(33)37-15-17-14-34-9-10-36-17/h6-7,11-12,16-17H,3-5,8-10,13-15H2,1-2H3,(H,25,28,32)(H,24,27,29,33)/t16-,17-/m1/s1. The van der Waals surface area contributed by atoms with E-state index in [0.29, 0.717) is 56.4 Å². The van der Waals surface area contributed by atoms with Gasteiger partial charge in [-0.25, -0.2) is 24.5 Å². The van der Waals surface area contributed by atoms with Gasteiger partial charge in [-0.15, -0.1) is 0 Å². The lowest BCUT2D eigenvalue weighted by Gasteiger charge is -2.37. The van der Waals surface area contributed by atoms with E-state index in [1.807, 2.05) is 11.8 Å². The van der Waals surface area contributed by atoms with Crippen molar-refractivity contribution in [3.05, 3.63) is 24.7 Å². The molecule has 0 unspecified atom stereocenters. The summed E-state index contributed by atoms with van der Waals surface area (Å²) in [4.78, 5) is 45.7. The Kier molecular flexibility index (Phi) is 9.21. The van der Waals surface area contributed by atoms with Crippen LogP contribution in [0.2, 0.25) is 0 Å². The molecule has 2 aromatic heterocycles. The zero-order chi connectivity index (χ0) is 26.0. The predicted octanol–water partition coefficient (Wildman–Crippen LogP) is 1.76. The molecule has 0 spiro atoms. The summed E-state index contributed by atoms with van der Waals surface area (Å²) >= 11 is 0. The number of rotatable bonds is 8. The molecule has 0 bridgehead atoms. The first-order chi connectivity index (χ1) is 18.0. The third-order valence-corrected chi connectivity index (χ3v) is 5.86. The first kappa shape index (κ1) is 26.3. The minimum Gasteiger partial charge on any atom is -0.477 e. The Morgan fingerprint density at radius 3 is 2.84 bits per heavy atom. The topological polar surface area (TPSA) is 153 Å². The Bertz CT molecular complexity index is 1040. The van der Waals surface area contributed by atoms with Crippen molar-refractivity contribution in [2.75, 3.05) is 68.7 Å². The van der Waals surface area contributed by atoms with Crippen LogP contribution in [0.5, 0.6) is 5.88 Å². The zero-order valence-corrected chi connectivity index (χ0v) is 21.0. The second-order valence-electron chi connectivity index (χ2n) is 8.49. The lowest BCUT2D eigenvalue weighted by atomic mass is 10.1. The van der Waals surface area contributed by atoms with Gasteiger partial charge in [-0.3, -0.25) is 10.6 Å². The second kappa shape index (κ2) is 13.0. The van der Waals surface area contributed by atoms with Gasteiger partial charge in [0.2, 0.25) is 11.8 Å². The van der Waals surface area contributed by atoms with E-state index in [4.69, 9.17) is 18.9 Å². The number of amides is 3. The maximum Gasteiger partial charge on any atom is 0.412 e. The molecule has 2 saturated heterocycles. The Labute approximate surface area is 214 Å². The number of carbonyl (C=O) groups is 2. The van der Waals surface area contributed by atoms with Gasteiger partial charge in [-0.05, 0) is 25.8 Å². The third kappa shape index (κ3) is 7.60. The number of aromatic nitrogens is 4. The highest BCUT2D eigenvalue weighted by atomic mass is 16.6. The Morgan fingerprint density at radius 2 is 2.08 bits per heavy atom. The van der Waals surface area contributed by atoms with Crippen LogP contribution in [0.15, 0.2) is 24.7 Å². The molecule has 14 heteroatoms. The van der Waals surface area contributed by atoms with E-state index in [1.54, 1.807) is 24.2 Å². The van der Waals surface area contributed by atoms with Gasteiger partial charge in [-0.1, -0.05) is 0 Å². The minimum absolute atomic E-state index is 0.0766. The van der Waals surface area contributed by atoms with Crippen molar-refractivity contribution < 1.29 is 28.5 Å². The van der Waals surface area contributed by atoms with Crippen molar-refractivity contribution in [2.45, 2.75) is 31.9 Å². The fourth-order valence-electron chi connectivity index (χ4n) is 3.93. The fraction of sp³-hybridized carbons (Fsp3) is 0.565. The van der Waals surface area contributed by atoms with E-state index in [2.05, 4.69) is 30.6 Å². The number of hydrogen-bond acceptors (Lipinski definition) is 11. The van der Waals surface area contributed by atoms with Crippen LogP contribution in [-0.4, -0.2) is 102 Å². The van der Waals surface area contributed by atoms with E-state index in [9.17, 15) is 9.59 Å². The Balaban J connectivity index is 1.29. The van der Waals surface area contributed by atoms with Crippen LogP contribution < -0.4 is 20.3 Å². The first-order valence-corrected chi connectivity index (χ1v) is 12.2. The van der Waals surface area contributed by atoms with Crippen LogP contribution in [0, 0.1) is 0 Å². The summed E-state index contributed by atoms with van der Waals surface area (Å²) in [7, 11) is 1.74. The van der Waals surface area contributed by atoms with E-state index >= 15 is 0 Å². The molecule has 37 heavy (non-hydrogen) atoms. The summed E-state index contributed by atoms with van der Waals surface area (Å²) in [5.41, 5.74) is 0. The van der Waals surface area contributed by atoms with Crippen LogP contribution in [0.3, 0.4) is 0 Å². The van der Waals surface area contributed by atoms with Gasteiger partial charge in [0.25, 0.3) is 0 Å². The van der Waals surface area contributed by atoms with Gasteiger partial charge in [0.05, 0.1) is 44.9 Å². The summed E-state index contributed by atoms with van der Waals surface area (Å²) in [5, 5.41) is 5.38. The molecule has 0 radical (unpaired) electrons. The molecule has 2 fully saturated rings. The smallest absolute Gasteiger partial charge is 0.412 e. The SMILES string of the molecule is CCOc1cnc(NC(=O)N(C)[C@@H]2CCCN(c3nccc(NC(=O)OC[C@H]4COCCO4)n3)C2)cn1. The molecule has 0 aliphatic carbocycles. The van der Waals surface area contributed by atoms with Crippen molar-refractivity contribution in [2.24, 2.45) is 0 Å². The van der Waals surface area contributed by atoms with Gasteiger partial charge in [0.1, 0.15) is 18.5 Å². The first-order valence-electron chi connectivity index (χ1n) is 12.2. The summed E-state index contributed by atoms with van der Waals surface area (Å²) in [6.45, 7) is 5.11. The van der Waals surface area contributed by atoms with Crippen molar-refractivity contribution in [1.29, 1.82) is 0 Å². The summed E-state index contributed by atoms with van der Waals surface area (Å²) < 4.78 is 21.3. The molecular formula is C23H32N8O6. The number of likely N-dealkylation sites (N-methyl/N-ethyl adjacent to an activating group) is 1. The number of ether oxygens (including phenoxy) is 4. The van der Waals surface area contributed by atoms with Gasteiger partial charge < -0.3 is 28.7 Å². The molecule has 0 aromatic carbocycles. The summed E-state index contributed by atoms with van der Waals surface area (Å²) in [5.74, 6) is 1.51. The summed E-state index contributed by atoms with van der Waals surface area (Å²) in [6, 6.07) is 1.22. The van der Waals surface area contributed by atoms with Crippen molar-refractivity contribution in [3.63, 3.8) is 0 Å². The molecule has 2 atom stereocenters. The number of nitrogens with one attached hydrogen (secondary N) is 2. The average Bonchev–Trinajstić information content (AvgIpc) is 2.93. The normalized spacial score (nSPS) is 19.6. The number of piperidine rings is 1. The van der Waals surface area contributed by atoms with Crippen LogP contribution in [0.4, 0.5) is 27.2 Å². The molecule has 2 aromatic rings. The quantitative estimate of drug-likeness (QED) is 0.528. The number of anilines is 3. The largest absolute Gasteiger partial charge is 0.477 e. The molecule has 2 N–H and O–H groups in total. The number of carbonyl (C=O) groups excluding carboxylic acids is 2. The van der Waals surface area contributed by atoms with Crippen LogP contribution in [0.25, 0.3) is 0 Å². The lowest BCUT2D eigenvalue weighted by Crippen LogP contribution is -2.50. The highest BCUT2D eigenvalue weighted by molar-refractivity contribution is 5.88. The van der Waals surface area contributed by atoms with Crippen LogP contribution in [-0.2, 0) is 14.2 Å². The minimum atomic E-state index is -0.635. The highest BCUT2D eigenvalue weighted by Crippen LogP contribution is 2.21. The summed E-state index contributed by atoms with van der Waals surface area (Å²) in [6.07, 6.45) is 5.25. The molecule has 0 saturated carbocycles. The monoisotopic (exact) mass is 516 g/mol. The molecule has 2 aliphatic heterocycles. The predicted molar refractivity (Wildman–Crippen MR) is 133 cm³/mol. The van der Waals surface area contributed by atoms with Gasteiger partial charge >= 0.3 is 12.1 Å². The highest BCUT2D eigenvalue weighted by Gasteiger charge is 2.28. The Morgan fingerprint density at radius 1 is 1.19 bits per heavy atom. The molecular weight excluding hydrogens is 484 g/mol. The molecule has 14 nitrogen and oxygen atoms in total. The third-order valence-electron chi connectivity index (χ3n) is 5.86. The van der Waals surface area contributed by atoms with E-state index in [1.165, 1.54) is 12.4 Å². The van der Waals surface area contributed by atoms with Gasteiger partial charge in [0, 0.05) is 26.3 Å². The van der Waals surface area contributed by atoms with Crippen LogP contribution >= 0.6 is 0 Å². The molecule has 200 valence electrons. The average molecular weight is 517 g/mol. The number of urea groups is 1. The molecule has 3 amide bonds. The number of nitrogens with zero attached hydrogens (tertiary/aromatic N) is 6. The number of hydrogen-bond donors (Lipinski definition) is 2. The van der Waals surface area contributed by atoms with E-state index < -0.39 is 6.09 Å². The van der Waals surface area contributed by atoms with Crippen molar-refractivity contribution in [3.8, 4) is 5.88 Å². The van der Waals surface area contributed by atoms with Crippen molar-refractivity contribution in [1.82, 2.24) is 24.8 Å².